The van der Waals surface area contributed by atoms with Gasteiger partial charge in [-0.2, -0.15) is 0 Å². The summed E-state index contributed by atoms with van der Waals surface area (Å²) in [5, 5.41) is 11.8. The lowest BCUT2D eigenvalue weighted by molar-refractivity contribution is -0.138. The fourth-order valence-corrected chi connectivity index (χ4v) is 2.78. The maximum atomic E-state index is 11.9. The van der Waals surface area contributed by atoms with E-state index in [2.05, 4.69) is 24.1 Å². The molecule has 6 heteroatoms. The highest BCUT2D eigenvalue weighted by atomic mass is 16.4. The Morgan fingerprint density at radius 2 is 1.95 bits per heavy atom. The molecule has 0 aromatic heterocycles. The first-order chi connectivity index (χ1) is 9.86. The van der Waals surface area contributed by atoms with Crippen LogP contribution in [0.1, 0.15) is 39.5 Å². The highest BCUT2D eigenvalue weighted by Gasteiger charge is 2.20. The number of rotatable bonds is 8. The summed E-state index contributed by atoms with van der Waals surface area (Å²) >= 11 is 0. The van der Waals surface area contributed by atoms with Crippen molar-refractivity contribution >= 4 is 11.9 Å². The number of carbonyl (C=O) groups is 2. The second kappa shape index (κ2) is 9.00. The molecule has 1 saturated heterocycles. The quantitative estimate of drug-likeness (QED) is 0.612. The van der Waals surface area contributed by atoms with Crippen molar-refractivity contribution in [2.75, 3.05) is 26.2 Å². The van der Waals surface area contributed by atoms with Gasteiger partial charge in [-0.1, -0.05) is 13.8 Å². The second-order valence-corrected chi connectivity index (χ2v) is 6.51. The molecule has 6 nitrogen and oxygen atoms in total. The third-order valence-electron chi connectivity index (χ3n) is 3.86. The maximum absolute atomic E-state index is 11.9. The molecule has 0 aliphatic carbocycles. The van der Waals surface area contributed by atoms with Gasteiger partial charge >= 0.3 is 5.97 Å². The zero-order valence-corrected chi connectivity index (χ0v) is 13.2. The second-order valence-electron chi connectivity index (χ2n) is 6.51. The van der Waals surface area contributed by atoms with Gasteiger partial charge in [-0.3, -0.25) is 14.5 Å². The molecule has 0 aromatic carbocycles. The van der Waals surface area contributed by atoms with E-state index in [0.717, 1.165) is 32.4 Å². The molecule has 1 heterocycles. The Kier molecular flexibility index (Phi) is 7.67. The summed E-state index contributed by atoms with van der Waals surface area (Å²) in [6.07, 6.45) is 2.78. The predicted octanol–water partition coefficient (Wildman–Crippen LogP) is 0.663. The molecule has 1 aliphatic rings. The number of piperidine rings is 1. The number of nitrogens with zero attached hydrogens (tertiary/aromatic N) is 1. The Labute approximate surface area is 127 Å². The van der Waals surface area contributed by atoms with Crippen LogP contribution in [-0.2, 0) is 9.59 Å². The minimum Gasteiger partial charge on any atom is -0.481 e. The minimum absolute atomic E-state index is 0.00114. The molecule has 1 fully saturated rings. The van der Waals surface area contributed by atoms with Crippen molar-refractivity contribution in [3.63, 3.8) is 0 Å². The van der Waals surface area contributed by atoms with Crippen LogP contribution in [-0.4, -0.2) is 54.1 Å². The predicted molar refractivity (Wildman–Crippen MR) is 81.9 cm³/mol. The Morgan fingerprint density at radius 1 is 1.33 bits per heavy atom. The zero-order valence-electron chi connectivity index (χ0n) is 13.2. The molecule has 0 spiro atoms. The minimum atomic E-state index is -0.806. The first kappa shape index (κ1) is 17.9. The lowest BCUT2D eigenvalue weighted by Gasteiger charge is -2.29. The van der Waals surface area contributed by atoms with Crippen LogP contribution in [0.4, 0.5) is 0 Å². The molecular weight excluding hydrogens is 270 g/mol. The molecule has 0 radical (unpaired) electrons. The van der Waals surface area contributed by atoms with Crippen molar-refractivity contribution in [2.24, 2.45) is 17.6 Å². The van der Waals surface area contributed by atoms with Gasteiger partial charge in [-0.05, 0) is 31.1 Å². The Balaban J connectivity index is 2.30. The Bertz CT molecular complexity index is 339. The molecule has 1 aliphatic heterocycles. The summed E-state index contributed by atoms with van der Waals surface area (Å²) in [6.45, 7) is 6.67. The molecule has 1 amide bonds. The third-order valence-corrected chi connectivity index (χ3v) is 3.86. The van der Waals surface area contributed by atoms with Crippen LogP contribution in [0.2, 0.25) is 0 Å². The maximum Gasteiger partial charge on any atom is 0.303 e. The average Bonchev–Trinajstić information content (AvgIpc) is 2.37. The number of amides is 1. The van der Waals surface area contributed by atoms with E-state index in [0.29, 0.717) is 19.0 Å². The third kappa shape index (κ3) is 8.02. The van der Waals surface area contributed by atoms with E-state index in [-0.39, 0.29) is 24.3 Å². The van der Waals surface area contributed by atoms with Crippen molar-refractivity contribution in [3.8, 4) is 0 Å². The normalized spacial score (nSPS) is 18.7. The highest BCUT2D eigenvalue weighted by molar-refractivity contribution is 5.78. The molecule has 0 aromatic rings. The van der Waals surface area contributed by atoms with E-state index in [1.54, 1.807) is 0 Å². The fraction of sp³-hybridized carbons (Fsp3) is 0.867. The van der Waals surface area contributed by atoms with Gasteiger partial charge in [-0.15, -0.1) is 0 Å². The van der Waals surface area contributed by atoms with E-state index in [9.17, 15) is 9.59 Å². The highest BCUT2D eigenvalue weighted by Crippen LogP contribution is 2.14. The molecule has 21 heavy (non-hydrogen) atoms. The van der Waals surface area contributed by atoms with Gasteiger partial charge in [0, 0.05) is 32.1 Å². The van der Waals surface area contributed by atoms with Crippen LogP contribution >= 0.6 is 0 Å². The number of likely N-dealkylation sites (tertiary alicyclic amines) is 1. The van der Waals surface area contributed by atoms with E-state index in [4.69, 9.17) is 10.8 Å². The summed E-state index contributed by atoms with van der Waals surface area (Å²) in [7, 11) is 0. The van der Waals surface area contributed by atoms with E-state index >= 15 is 0 Å². The Hall–Kier alpha value is -1.14. The van der Waals surface area contributed by atoms with Gasteiger partial charge in [0.25, 0.3) is 0 Å². The van der Waals surface area contributed by atoms with Crippen LogP contribution < -0.4 is 11.1 Å². The number of hydrogen-bond donors (Lipinski definition) is 3. The summed E-state index contributed by atoms with van der Waals surface area (Å²) in [4.78, 5) is 24.9. The van der Waals surface area contributed by atoms with Crippen molar-refractivity contribution in [2.45, 2.75) is 45.6 Å². The van der Waals surface area contributed by atoms with Crippen LogP contribution in [0.3, 0.4) is 0 Å². The van der Waals surface area contributed by atoms with Gasteiger partial charge in [0.1, 0.15) is 0 Å². The van der Waals surface area contributed by atoms with E-state index in [1.807, 2.05) is 0 Å². The summed E-state index contributed by atoms with van der Waals surface area (Å²) in [5.74, 6) is -0.402. The number of carboxylic acids is 1. The van der Waals surface area contributed by atoms with Crippen molar-refractivity contribution in [3.05, 3.63) is 0 Å². The molecule has 0 saturated carbocycles. The Morgan fingerprint density at radius 3 is 2.48 bits per heavy atom. The number of carboxylic acid groups (broad SMARTS) is 1. The van der Waals surface area contributed by atoms with Crippen LogP contribution in [0.25, 0.3) is 0 Å². The molecular formula is C15H29N3O3. The van der Waals surface area contributed by atoms with Gasteiger partial charge < -0.3 is 16.2 Å². The summed E-state index contributed by atoms with van der Waals surface area (Å²) in [5.41, 5.74) is 5.84. The van der Waals surface area contributed by atoms with Crippen molar-refractivity contribution in [1.82, 2.24) is 10.2 Å². The smallest absolute Gasteiger partial charge is 0.303 e. The number of carbonyl (C=O) groups excluding carboxylic acids is 1. The summed E-state index contributed by atoms with van der Waals surface area (Å²) in [6, 6.07) is 0.260. The van der Waals surface area contributed by atoms with Crippen LogP contribution in [0.5, 0.6) is 0 Å². The van der Waals surface area contributed by atoms with Crippen LogP contribution in [0, 0.1) is 11.8 Å². The fourth-order valence-electron chi connectivity index (χ4n) is 2.78. The lowest BCUT2D eigenvalue weighted by atomic mass is 9.94. The molecule has 122 valence electrons. The number of hydrogen-bond acceptors (Lipinski definition) is 4. The van der Waals surface area contributed by atoms with Gasteiger partial charge in [0.05, 0.1) is 6.54 Å². The van der Waals surface area contributed by atoms with Crippen molar-refractivity contribution in [1.29, 1.82) is 0 Å². The number of aliphatic carboxylic acids is 1. The molecule has 1 atom stereocenters. The van der Waals surface area contributed by atoms with E-state index in [1.165, 1.54) is 0 Å². The van der Waals surface area contributed by atoms with Crippen molar-refractivity contribution < 1.29 is 14.7 Å². The van der Waals surface area contributed by atoms with Crippen LogP contribution in [0.15, 0.2) is 0 Å². The number of nitrogens with one attached hydrogen (secondary N) is 1. The zero-order chi connectivity index (χ0) is 15.8. The number of nitrogens with two attached hydrogens (primary N) is 1. The average molecular weight is 299 g/mol. The standard InChI is InChI=1S/C15H29N3O3/c1-11(2)7-12(8-15(20)21)9-17-14(19)10-18-5-3-13(16)4-6-18/h11-13H,3-10,16H2,1-2H3,(H,17,19)(H,20,21). The first-order valence-electron chi connectivity index (χ1n) is 7.83. The lowest BCUT2D eigenvalue weighted by Crippen LogP contribution is -2.45. The molecule has 4 N–H and O–H groups in total. The topological polar surface area (TPSA) is 95.7 Å². The van der Waals surface area contributed by atoms with Gasteiger partial charge in [-0.25, -0.2) is 0 Å². The van der Waals surface area contributed by atoms with Gasteiger partial charge in [0.2, 0.25) is 5.91 Å². The largest absolute Gasteiger partial charge is 0.481 e. The molecule has 1 unspecified atom stereocenters. The van der Waals surface area contributed by atoms with Gasteiger partial charge in [0.15, 0.2) is 0 Å². The SMILES string of the molecule is CC(C)CC(CNC(=O)CN1CCC(N)CC1)CC(=O)O. The molecule has 0 bridgehead atoms. The molecule has 1 rings (SSSR count). The summed E-state index contributed by atoms with van der Waals surface area (Å²) < 4.78 is 0. The monoisotopic (exact) mass is 299 g/mol. The first-order valence-corrected chi connectivity index (χ1v) is 7.83. The van der Waals surface area contributed by atoms with E-state index < -0.39 is 5.97 Å².